The number of anilines is 2. The van der Waals surface area contributed by atoms with Crippen LogP contribution < -0.4 is 15.5 Å². The largest absolute Gasteiger partial charge is 0.480 e. The highest BCUT2D eigenvalue weighted by Gasteiger charge is 2.17. The molecule has 0 fully saturated rings. The van der Waals surface area contributed by atoms with E-state index in [0.29, 0.717) is 0 Å². The molecule has 0 aliphatic rings. The number of carbonyl (C=O) groups is 2. The number of nitrogens with one attached hydrogen (secondary N) is 2. The lowest BCUT2D eigenvalue weighted by molar-refractivity contribution is -0.141. The number of rotatable bonds is 6. The second-order valence-electron chi connectivity index (χ2n) is 4.42. The summed E-state index contributed by atoms with van der Waals surface area (Å²) in [5.41, 5.74) is 1.82. The molecule has 19 heavy (non-hydrogen) atoms. The average Bonchev–Trinajstić information content (AvgIpc) is 2.34. The zero-order chi connectivity index (χ0) is 14.4. The second-order valence-corrected chi connectivity index (χ2v) is 4.42. The maximum Gasteiger partial charge on any atom is 0.328 e. The van der Waals surface area contributed by atoms with Gasteiger partial charge in [0.15, 0.2) is 0 Å². The summed E-state index contributed by atoms with van der Waals surface area (Å²) in [6.07, 6.45) is 0. The van der Waals surface area contributed by atoms with Crippen LogP contribution in [0.4, 0.5) is 11.4 Å². The van der Waals surface area contributed by atoms with E-state index in [1.54, 1.807) is 0 Å². The minimum absolute atomic E-state index is 0.131. The molecule has 0 aliphatic heterocycles. The first-order chi connectivity index (χ1) is 8.90. The lowest BCUT2D eigenvalue weighted by Crippen LogP contribution is -2.44. The third kappa shape index (κ3) is 4.87. The van der Waals surface area contributed by atoms with Gasteiger partial charge in [-0.15, -0.1) is 0 Å². The molecule has 6 nitrogen and oxygen atoms in total. The molecule has 1 aromatic rings. The van der Waals surface area contributed by atoms with E-state index in [1.807, 2.05) is 43.3 Å². The Kier molecular flexibility index (Phi) is 5.17. The van der Waals surface area contributed by atoms with Gasteiger partial charge < -0.3 is 20.6 Å². The fraction of sp³-hybridized carbons (Fsp3) is 0.385. The zero-order valence-corrected chi connectivity index (χ0v) is 11.3. The Labute approximate surface area is 112 Å². The van der Waals surface area contributed by atoms with Crippen molar-refractivity contribution in [2.75, 3.05) is 30.9 Å². The van der Waals surface area contributed by atoms with Crippen molar-refractivity contribution in [3.8, 4) is 0 Å². The Morgan fingerprint density at radius 1 is 1.37 bits per heavy atom. The van der Waals surface area contributed by atoms with Gasteiger partial charge in [0.2, 0.25) is 5.91 Å². The summed E-state index contributed by atoms with van der Waals surface area (Å²) in [5.74, 6) is -1.43. The number of aliphatic carboxylic acids is 1. The Hall–Kier alpha value is -2.24. The van der Waals surface area contributed by atoms with Crippen molar-refractivity contribution in [2.45, 2.75) is 13.0 Å². The zero-order valence-electron chi connectivity index (χ0n) is 11.3. The molecule has 1 amide bonds. The number of carbonyl (C=O) groups excluding carboxylic acids is 1. The van der Waals surface area contributed by atoms with Gasteiger partial charge in [0.05, 0.1) is 0 Å². The topological polar surface area (TPSA) is 81.7 Å². The van der Waals surface area contributed by atoms with Crippen LogP contribution in [0.15, 0.2) is 24.3 Å². The van der Waals surface area contributed by atoms with E-state index >= 15 is 0 Å². The number of hydrogen-bond acceptors (Lipinski definition) is 4. The van der Waals surface area contributed by atoms with Crippen molar-refractivity contribution in [2.24, 2.45) is 0 Å². The lowest BCUT2D eigenvalue weighted by atomic mass is 10.2. The van der Waals surface area contributed by atoms with Gasteiger partial charge in [0.25, 0.3) is 0 Å². The molecule has 0 radical (unpaired) electrons. The van der Waals surface area contributed by atoms with Gasteiger partial charge in [-0.2, -0.15) is 0 Å². The summed E-state index contributed by atoms with van der Waals surface area (Å²) in [7, 11) is 3.85. The van der Waals surface area contributed by atoms with E-state index in [0.717, 1.165) is 11.4 Å². The number of benzene rings is 1. The van der Waals surface area contributed by atoms with Gasteiger partial charge >= 0.3 is 5.97 Å². The van der Waals surface area contributed by atoms with E-state index in [-0.39, 0.29) is 12.5 Å². The van der Waals surface area contributed by atoms with Gasteiger partial charge in [0, 0.05) is 38.9 Å². The Morgan fingerprint density at radius 2 is 2.05 bits per heavy atom. The second kappa shape index (κ2) is 6.63. The predicted octanol–water partition coefficient (Wildman–Crippen LogP) is 0.754. The van der Waals surface area contributed by atoms with Crippen molar-refractivity contribution < 1.29 is 14.7 Å². The van der Waals surface area contributed by atoms with Crippen LogP contribution in [-0.4, -0.2) is 43.7 Å². The van der Waals surface area contributed by atoms with Crippen LogP contribution in [0.1, 0.15) is 6.92 Å². The molecule has 6 heteroatoms. The molecular formula is C13H19N3O3. The number of nitrogens with zero attached hydrogens (tertiary/aromatic N) is 1. The van der Waals surface area contributed by atoms with Gasteiger partial charge in [-0.1, -0.05) is 6.07 Å². The number of carboxylic acid groups (broad SMARTS) is 1. The first-order valence-electron chi connectivity index (χ1n) is 5.91. The maximum atomic E-state index is 11.0. The first kappa shape index (κ1) is 14.8. The van der Waals surface area contributed by atoms with Gasteiger partial charge in [0.1, 0.15) is 6.04 Å². The molecule has 0 aromatic heterocycles. The van der Waals surface area contributed by atoms with Crippen LogP contribution in [0, 0.1) is 0 Å². The van der Waals surface area contributed by atoms with Crippen molar-refractivity contribution in [3.05, 3.63) is 24.3 Å². The fourth-order valence-electron chi connectivity index (χ4n) is 1.56. The summed E-state index contributed by atoms with van der Waals surface area (Å²) >= 11 is 0. The number of amides is 1. The molecule has 0 heterocycles. The average molecular weight is 265 g/mol. The van der Waals surface area contributed by atoms with E-state index < -0.39 is 12.0 Å². The van der Waals surface area contributed by atoms with Crippen molar-refractivity contribution in [3.63, 3.8) is 0 Å². The monoisotopic (exact) mass is 265 g/mol. The van der Waals surface area contributed by atoms with Gasteiger partial charge in [-0.3, -0.25) is 4.79 Å². The highest BCUT2D eigenvalue weighted by Crippen LogP contribution is 2.17. The third-order valence-corrected chi connectivity index (χ3v) is 2.55. The van der Waals surface area contributed by atoms with E-state index in [9.17, 15) is 9.59 Å². The van der Waals surface area contributed by atoms with E-state index in [1.165, 1.54) is 6.92 Å². The van der Waals surface area contributed by atoms with Crippen LogP contribution in [-0.2, 0) is 9.59 Å². The smallest absolute Gasteiger partial charge is 0.328 e. The minimum Gasteiger partial charge on any atom is -0.480 e. The maximum absolute atomic E-state index is 11.0. The van der Waals surface area contributed by atoms with Crippen molar-refractivity contribution in [1.29, 1.82) is 0 Å². The van der Waals surface area contributed by atoms with Crippen LogP contribution in [0.3, 0.4) is 0 Å². The lowest BCUT2D eigenvalue weighted by Gasteiger charge is -2.17. The number of hydrogen-bond donors (Lipinski definition) is 3. The molecule has 0 saturated carbocycles. The first-order valence-corrected chi connectivity index (χ1v) is 5.91. The Balaban J connectivity index is 2.66. The molecule has 0 saturated heterocycles. The molecule has 0 bridgehead atoms. The van der Waals surface area contributed by atoms with Crippen molar-refractivity contribution in [1.82, 2.24) is 5.32 Å². The molecule has 1 aromatic carbocycles. The van der Waals surface area contributed by atoms with Gasteiger partial charge in [-0.05, 0) is 18.2 Å². The predicted molar refractivity (Wildman–Crippen MR) is 74.5 cm³/mol. The summed E-state index contributed by atoms with van der Waals surface area (Å²) in [6.45, 7) is 1.43. The summed E-state index contributed by atoms with van der Waals surface area (Å²) in [5, 5.41) is 14.4. The normalized spacial score (nSPS) is 11.5. The Morgan fingerprint density at radius 3 is 2.58 bits per heavy atom. The van der Waals surface area contributed by atoms with Crippen molar-refractivity contribution >= 4 is 23.3 Å². The summed E-state index contributed by atoms with van der Waals surface area (Å²) in [6, 6.07) is 6.65. The SMILES string of the molecule is CC(=O)NC(CNc1cccc(N(C)C)c1)C(=O)O. The molecule has 104 valence electrons. The third-order valence-electron chi connectivity index (χ3n) is 2.55. The standard InChI is InChI=1S/C13H19N3O3/c1-9(17)15-12(13(18)19)8-14-10-5-4-6-11(7-10)16(2)3/h4-7,12,14H,8H2,1-3H3,(H,15,17)(H,18,19). The van der Waals surface area contributed by atoms with Crippen LogP contribution in [0.5, 0.6) is 0 Å². The molecule has 3 N–H and O–H groups in total. The summed E-state index contributed by atoms with van der Waals surface area (Å²) in [4.78, 5) is 23.8. The van der Waals surface area contributed by atoms with E-state index in [2.05, 4.69) is 10.6 Å². The highest BCUT2D eigenvalue weighted by atomic mass is 16.4. The Bertz CT molecular complexity index is 460. The van der Waals surface area contributed by atoms with Gasteiger partial charge in [-0.25, -0.2) is 4.79 Å². The molecule has 0 spiro atoms. The summed E-state index contributed by atoms with van der Waals surface area (Å²) < 4.78 is 0. The number of carboxylic acids is 1. The van der Waals surface area contributed by atoms with Crippen LogP contribution in [0.25, 0.3) is 0 Å². The minimum atomic E-state index is -1.06. The fourth-order valence-corrected chi connectivity index (χ4v) is 1.56. The molecule has 1 atom stereocenters. The quantitative estimate of drug-likeness (QED) is 0.707. The molecule has 0 aliphatic carbocycles. The van der Waals surface area contributed by atoms with E-state index in [4.69, 9.17) is 5.11 Å². The molecule has 1 unspecified atom stereocenters. The molecular weight excluding hydrogens is 246 g/mol. The highest BCUT2D eigenvalue weighted by molar-refractivity contribution is 5.82. The molecule has 1 rings (SSSR count). The van der Waals surface area contributed by atoms with Crippen LogP contribution in [0.2, 0.25) is 0 Å². The van der Waals surface area contributed by atoms with Crippen LogP contribution >= 0.6 is 0 Å².